The van der Waals surface area contributed by atoms with Gasteiger partial charge in [-0.25, -0.2) is 0 Å². The fraction of sp³-hybridized carbons (Fsp3) is 0.250. The zero-order valence-corrected chi connectivity index (χ0v) is 10.9. The van der Waals surface area contributed by atoms with Crippen molar-refractivity contribution in [2.24, 2.45) is 0 Å². The van der Waals surface area contributed by atoms with E-state index >= 15 is 0 Å². The van der Waals surface area contributed by atoms with Crippen LogP contribution in [0.3, 0.4) is 0 Å². The van der Waals surface area contributed by atoms with Gasteiger partial charge in [0.05, 0.1) is 5.02 Å². The first kappa shape index (κ1) is 12.3. The molecule has 0 aliphatic heterocycles. The number of hydrogen-bond donors (Lipinski definition) is 1. The SMILES string of the molecule is CC(C)c1onc(-c2cc(Cl)ccc2Cl)c1O. The Morgan fingerprint density at radius 1 is 1.29 bits per heavy atom. The maximum Gasteiger partial charge on any atom is 0.187 e. The molecule has 0 saturated carbocycles. The standard InChI is InChI=1S/C12H11Cl2NO2/c1-6(2)12-11(16)10(15-17-12)8-5-7(13)3-4-9(8)14/h3-6,16H,1-2H3. The molecule has 0 aliphatic carbocycles. The molecular formula is C12H11Cl2NO2. The summed E-state index contributed by atoms with van der Waals surface area (Å²) in [5.74, 6) is 0.509. The van der Waals surface area contributed by atoms with E-state index in [9.17, 15) is 5.11 Å². The van der Waals surface area contributed by atoms with Crippen LogP contribution in [0.5, 0.6) is 5.75 Å². The fourth-order valence-electron chi connectivity index (χ4n) is 1.53. The quantitative estimate of drug-likeness (QED) is 0.876. The van der Waals surface area contributed by atoms with Gasteiger partial charge in [0.25, 0.3) is 0 Å². The number of nitrogens with zero attached hydrogens (tertiary/aromatic N) is 1. The average molecular weight is 272 g/mol. The third-order valence-electron chi connectivity index (χ3n) is 2.40. The number of rotatable bonds is 2. The lowest BCUT2D eigenvalue weighted by Gasteiger charge is -2.02. The van der Waals surface area contributed by atoms with Crippen LogP contribution >= 0.6 is 23.2 Å². The van der Waals surface area contributed by atoms with Crippen molar-refractivity contribution in [2.45, 2.75) is 19.8 Å². The zero-order chi connectivity index (χ0) is 12.6. The molecule has 2 rings (SSSR count). The van der Waals surface area contributed by atoms with Gasteiger partial charge in [0.2, 0.25) is 0 Å². The highest BCUT2D eigenvalue weighted by Gasteiger charge is 2.20. The van der Waals surface area contributed by atoms with Gasteiger partial charge in [0.1, 0.15) is 0 Å². The Hall–Kier alpha value is -1.19. The lowest BCUT2D eigenvalue weighted by Crippen LogP contribution is -1.84. The van der Waals surface area contributed by atoms with Gasteiger partial charge in [0, 0.05) is 16.5 Å². The summed E-state index contributed by atoms with van der Waals surface area (Å²) in [5.41, 5.74) is 0.883. The van der Waals surface area contributed by atoms with Crippen molar-refractivity contribution in [3.05, 3.63) is 34.0 Å². The Balaban J connectivity index is 2.57. The second-order valence-corrected chi connectivity index (χ2v) is 4.87. The number of aromatic hydroxyl groups is 1. The Bertz CT molecular complexity index is 549. The van der Waals surface area contributed by atoms with Crippen LogP contribution in [0.25, 0.3) is 11.3 Å². The summed E-state index contributed by atoms with van der Waals surface area (Å²) in [4.78, 5) is 0. The minimum Gasteiger partial charge on any atom is -0.503 e. The van der Waals surface area contributed by atoms with Crippen molar-refractivity contribution in [1.29, 1.82) is 0 Å². The highest BCUT2D eigenvalue weighted by molar-refractivity contribution is 6.35. The maximum absolute atomic E-state index is 10.0. The third-order valence-corrected chi connectivity index (χ3v) is 2.97. The maximum atomic E-state index is 10.0. The van der Waals surface area contributed by atoms with Gasteiger partial charge in [0.15, 0.2) is 17.2 Å². The molecule has 1 aromatic carbocycles. The molecule has 1 aromatic heterocycles. The van der Waals surface area contributed by atoms with E-state index in [1.54, 1.807) is 18.2 Å². The summed E-state index contributed by atoms with van der Waals surface area (Å²) in [5, 5.41) is 14.8. The van der Waals surface area contributed by atoms with Crippen LogP contribution in [0.1, 0.15) is 25.5 Å². The highest BCUT2D eigenvalue weighted by atomic mass is 35.5. The van der Waals surface area contributed by atoms with E-state index in [-0.39, 0.29) is 11.7 Å². The van der Waals surface area contributed by atoms with Crippen molar-refractivity contribution >= 4 is 23.2 Å². The normalized spacial score (nSPS) is 11.1. The van der Waals surface area contributed by atoms with E-state index in [0.29, 0.717) is 27.1 Å². The molecule has 90 valence electrons. The van der Waals surface area contributed by atoms with Crippen molar-refractivity contribution in [2.75, 3.05) is 0 Å². The molecule has 0 aliphatic rings. The van der Waals surface area contributed by atoms with Crippen molar-refractivity contribution in [3.8, 4) is 17.0 Å². The van der Waals surface area contributed by atoms with Crippen LogP contribution in [0.4, 0.5) is 0 Å². The number of hydrogen-bond acceptors (Lipinski definition) is 3. The van der Waals surface area contributed by atoms with Gasteiger partial charge in [-0.1, -0.05) is 42.2 Å². The van der Waals surface area contributed by atoms with Crippen LogP contribution in [0.2, 0.25) is 10.0 Å². The minimum absolute atomic E-state index is 0.0177. The van der Waals surface area contributed by atoms with Crippen LogP contribution in [-0.4, -0.2) is 10.3 Å². The molecule has 0 unspecified atom stereocenters. The van der Waals surface area contributed by atoms with Crippen LogP contribution in [-0.2, 0) is 0 Å². The average Bonchev–Trinajstić information content (AvgIpc) is 2.64. The third kappa shape index (κ3) is 2.26. The number of benzene rings is 1. The van der Waals surface area contributed by atoms with Crippen LogP contribution in [0.15, 0.2) is 22.7 Å². The van der Waals surface area contributed by atoms with E-state index in [0.717, 1.165) is 0 Å². The van der Waals surface area contributed by atoms with Crippen LogP contribution < -0.4 is 0 Å². The summed E-state index contributed by atoms with van der Waals surface area (Å²) in [6.07, 6.45) is 0. The molecule has 5 heteroatoms. The summed E-state index contributed by atoms with van der Waals surface area (Å²) in [6.45, 7) is 3.81. The number of aromatic nitrogens is 1. The summed E-state index contributed by atoms with van der Waals surface area (Å²) < 4.78 is 5.10. The number of halogens is 2. The zero-order valence-electron chi connectivity index (χ0n) is 9.37. The molecule has 1 heterocycles. The minimum atomic E-state index is 0.0177. The Labute approximate surface area is 109 Å². The second-order valence-electron chi connectivity index (χ2n) is 4.02. The predicted octanol–water partition coefficient (Wildman–Crippen LogP) is 4.48. The van der Waals surface area contributed by atoms with Crippen molar-refractivity contribution in [3.63, 3.8) is 0 Å². The fourth-order valence-corrected chi connectivity index (χ4v) is 1.91. The first-order valence-electron chi connectivity index (χ1n) is 5.14. The Morgan fingerprint density at radius 3 is 2.59 bits per heavy atom. The molecule has 3 nitrogen and oxygen atoms in total. The first-order chi connectivity index (χ1) is 8.00. The van der Waals surface area contributed by atoms with Crippen molar-refractivity contribution in [1.82, 2.24) is 5.16 Å². The molecule has 2 aromatic rings. The van der Waals surface area contributed by atoms with E-state index in [1.807, 2.05) is 13.8 Å². The topological polar surface area (TPSA) is 46.3 Å². The lowest BCUT2D eigenvalue weighted by atomic mass is 10.1. The molecule has 17 heavy (non-hydrogen) atoms. The summed E-state index contributed by atoms with van der Waals surface area (Å²) >= 11 is 11.9. The van der Waals surface area contributed by atoms with Gasteiger partial charge >= 0.3 is 0 Å². The smallest absolute Gasteiger partial charge is 0.187 e. The molecule has 0 atom stereocenters. The molecule has 0 saturated heterocycles. The summed E-state index contributed by atoms with van der Waals surface area (Å²) in [7, 11) is 0. The van der Waals surface area contributed by atoms with Gasteiger partial charge < -0.3 is 9.63 Å². The Kier molecular flexibility index (Phi) is 3.31. The molecule has 0 fully saturated rings. The van der Waals surface area contributed by atoms with Gasteiger partial charge in [-0.2, -0.15) is 0 Å². The largest absolute Gasteiger partial charge is 0.503 e. The van der Waals surface area contributed by atoms with Crippen LogP contribution in [0, 0.1) is 0 Å². The molecule has 0 amide bonds. The lowest BCUT2D eigenvalue weighted by molar-refractivity contribution is 0.357. The molecule has 0 bridgehead atoms. The Morgan fingerprint density at radius 2 is 2.00 bits per heavy atom. The van der Waals surface area contributed by atoms with Crippen molar-refractivity contribution < 1.29 is 9.63 Å². The second kappa shape index (κ2) is 4.59. The van der Waals surface area contributed by atoms with E-state index in [1.165, 1.54) is 0 Å². The van der Waals surface area contributed by atoms with E-state index in [2.05, 4.69) is 5.16 Å². The molecular weight excluding hydrogens is 261 g/mol. The van der Waals surface area contributed by atoms with Gasteiger partial charge in [-0.15, -0.1) is 0 Å². The van der Waals surface area contributed by atoms with E-state index < -0.39 is 0 Å². The van der Waals surface area contributed by atoms with E-state index in [4.69, 9.17) is 27.7 Å². The first-order valence-corrected chi connectivity index (χ1v) is 5.90. The van der Waals surface area contributed by atoms with Gasteiger partial charge in [-0.3, -0.25) is 0 Å². The highest BCUT2D eigenvalue weighted by Crippen LogP contribution is 2.39. The molecule has 0 radical (unpaired) electrons. The molecule has 1 N–H and O–H groups in total. The monoisotopic (exact) mass is 271 g/mol. The summed E-state index contributed by atoms with van der Waals surface area (Å²) in [6, 6.07) is 4.97. The predicted molar refractivity (Wildman–Crippen MR) is 67.7 cm³/mol. The van der Waals surface area contributed by atoms with Gasteiger partial charge in [-0.05, 0) is 18.2 Å². The molecule has 0 spiro atoms.